The Bertz CT molecular complexity index is 415. The average Bonchev–Trinajstić information content (AvgIpc) is 2.41. The van der Waals surface area contributed by atoms with Crippen LogP contribution in [0.25, 0.3) is 0 Å². The zero-order valence-electron chi connectivity index (χ0n) is 10.5. The van der Waals surface area contributed by atoms with Crippen LogP contribution in [0.1, 0.15) is 23.2 Å². The largest absolute Gasteiger partial charge is 0.349 e. The van der Waals surface area contributed by atoms with Crippen LogP contribution in [0, 0.1) is 0 Å². The zero-order valence-corrected chi connectivity index (χ0v) is 10.5. The van der Waals surface area contributed by atoms with E-state index >= 15 is 0 Å². The number of nitrogens with two attached hydrogens (primary N) is 1. The molecular formula is C12H19N5O. The predicted molar refractivity (Wildman–Crippen MR) is 70.0 cm³/mol. The van der Waals surface area contributed by atoms with E-state index in [1.807, 2.05) is 0 Å². The molecule has 1 aliphatic heterocycles. The molecule has 2 rings (SSSR count). The van der Waals surface area contributed by atoms with E-state index < -0.39 is 0 Å². The molecule has 1 aromatic heterocycles. The third-order valence-electron chi connectivity index (χ3n) is 3.22. The van der Waals surface area contributed by atoms with Gasteiger partial charge in [0.2, 0.25) is 0 Å². The minimum Gasteiger partial charge on any atom is -0.349 e. The van der Waals surface area contributed by atoms with Crippen molar-refractivity contribution < 1.29 is 4.79 Å². The Hall–Kier alpha value is -1.66. The highest BCUT2D eigenvalue weighted by Gasteiger charge is 2.19. The molecule has 0 aliphatic carbocycles. The van der Waals surface area contributed by atoms with Crippen molar-refractivity contribution in [2.75, 3.05) is 25.6 Å². The molecule has 0 saturated carbocycles. The van der Waals surface area contributed by atoms with Gasteiger partial charge in [0.15, 0.2) is 0 Å². The van der Waals surface area contributed by atoms with Crippen molar-refractivity contribution in [1.29, 1.82) is 0 Å². The topological polar surface area (TPSA) is 83.3 Å². The molecule has 1 aromatic rings. The molecule has 0 radical (unpaired) electrons. The molecule has 1 aliphatic rings. The molecule has 2 heterocycles. The van der Waals surface area contributed by atoms with Crippen molar-refractivity contribution in [3.8, 4) is 0 Å². The van der Waals surface area contributed by atoms with Gasteiger partial charge in [-0.15, -0.1) is 0 Å². The van der Waals surface area contributed by atoms with Crippen molar-refractivity contribution in [1.82, 2.24) is 15.2 Å². The molecule has 0 bridgehead atoms. The first kappa shape index (κ1) is 12.8. The second-order valence-electron chi connectivity index (χ2n) is 4.63. The third-order valence-corrected chi connectivity index (χ3v) is 3.22. The first-order valence-corrected chi connectivity index (χ1v) is 6.11. The fourth-order valence-corrected chi connectivity index (χ4v) is 2.07. The summed E-state index contributed by atoms with van der Waals surface area (Å²) in [7, 11) is 2.10. The van der Waals surface area contributed by atoms with E-state index in [0.29, 0.717) is 11.4 Å². The minimum atomic E-state index is -0.0662. The Labute approximate surface area is 107 Å². The molecule has 6 heteroatoms. The number of hydrogen-bond acceptors (Lipinski definition) is 5. The number of carbonyl (C=O) groups excluding carboxylic acids is 1. The summed E-state index contributed by atoms with van der Waals surface area (Å²) in [4.78, 5) is 18.3. The molecule has 4 N–H and O–H groups in total. The van der Waals surface area contributed by atoms with Crippen LogP contribution in [0.5, 0.6) is 0 Å². The Morgan fingerprint density at radius 3 is 2.89 bits per heavy atom. The van der Waals surface area contributed by atoms with Crippen LogP contribution < -0.4 is 16.6 Å². The number of aromatic nitrogens is 1. The molecule has 0 spiro atoms. The van der Waals surface area contributed by atoms with Gasteiger partial charge in [0.1, 0.15) is 5.82 Å². The summed E-state index contributed by atoms with van der Waals surface area (Å²) in [6.07, 6.45) is 3.56. The molecule has 0 aromatic carbocycles. The summed E-state index contributed by atoms with van der Waals surface area (Å²) in [6, 6.07) is 3.59. The van der Waals surface area contributed by atoms with Gasteiger partial charge in [-0.05, 0) is 45.1 Å². The molecule has 98 valence electrons. The van der Waals surface area contributed by atoms with Gasteiger partial charge < -0.3 is 15.6 Å². The maximum absolute atomic E-state index is 12.0. The fourth-order valence-electron chi connectivity index (χ4n) is 2.07. The number of pyridine rings is 1. The van der Waals surface area contributed by atoms with Crippen LogP contribution in [0.3, 0.4) is 0 Å². The van der Waals surface area contributed by atoms with E-state index in [2.05, 4.69) is 27.7 Å². The highest BCUT2D eigenvalue weighted by molar-refractivity contribution is 5.94. The van der Waals surface area contributed by atoms with Crippen LogP contribution in [-0.4, -0.2) is 42.0 Å². The predicted octanol–water partition coefficient (Wildman–Crippen LogP) is 0.191. The summed E-state index contributed by atoms with van der Waals surface area (Å²) in [5, 5.41) is 3.05. The number of hydrogen-bond donors (Lipinski definition) is 3. The van der Waals surface area contributed by atoms with Gasteiger partial charge in [-0.25, -0.2) is 10.8 Å². The van der Waals surface area contributed by atoms with Crippen LogP contribution >= 0.6 is 0 Å². The second kappa shape index (κ2) is 5.79. The van der Waals surface area contributed by atoms with E-state index in [-0.39, 0.29) is 11.9 Å². The summed E-state index contributed by atoms with van der Waals surface area (Å²) < 4.78 is 0. The average molecular weight is 249 g/mol. The number of likely N-dealkylation sites (tertiary alicyclic amines) is 1. The minimum absolute atomic E-state index is 0.0662. The quantitative estimate of drug-likeness (QED) is 0.526. The third kappa shape index (κ3) is 3.18. The standard InChI is InChI=1S/C12H19N5O/c1-17-6-3-10(4-7-17)15-12(18)9-2-5-14-11(8-9)16-13/h2,5,8,10H,3-4,6-7,13H2,1H3,(H,14,16)(H,15,18). The SMILES string of the molecule is CN1CCC(NC(=O)c2ccnc(NN)c2)CC1. The molecule has 0 atom stereocenters. The maximum atomic E-state index is 12.0. The molecule has 0 unspecified atom stereocenters. The van der Waals surface area contributed by atoms with Gasteiger partial charge in [-0.1, -0.05) is 0 Å². The number of anilines is 1. The van der Waals surface area contributed by atoms with Gasteiger partial charge >= 0.3 is 0 Å². The summed E-state index contributed by atoms with van der Waals surface area (Å²) >= 11 is 0. The number of piperidine rings is 1. The van der Waals surface area contributed by atoms with Crippen molar-refractivity contribution >= 4 is 11.7 Å². The number of carbonyl (C=O) groups is 1. The van der Waals surface area contributed by atoms with Gasteiger partial charge in [0, 0.05) is 17.8 Å². The Balaban J connectivity index is 1.94. The lowest BCUT2D eigenvalue weighted by Gasteiger charge is -2.29. The Morgan fingerprint density at radius 1 is 1.50 bits per heavy atom. The van der Waals surface area contributed by atoms with Crippen molar-refractivity contribution in [3.05, 3.63) is 23.9 Å². The van der Waals surface area contributed by atoms with Crippen molar-refractivity contribution in [3.63, 3.8) is 0 Å². The Morgan fingerprint density at radius 2 is 2.22 bits per heavy atom. The maximum Gasteiger partial charge on any atom is 0.251 e. The lowest BCUT2D eigenvalue weighted by atomic mass is 10.1. The first-order chi connectivity index (χ1) is 8.69. The monoisotopic (exact) mass is 249 g/mol. The summed E-state index contributed by atoms with van der Waals surface area (Å²) in [6.45, 7) is 2.05. The molecule has 1 fully saturated rings. The van der Waals surface area contributed by atoms with Gasteiger partial charge in [-0.2, -0.15) is 0 Å². The van der Waals surface area contributed by atoms with Gasteiger partial charge in [-0.3, -0.25) is 4.79 Å². The number of hydrazine groups is 1. The van der Waals surface area contributed by atoms with Gasteiger partial charge in [0.05, 0.1) is 0 Å². The highest BCUT2D eigenvalue weighted by atomic mass is 16.1. The second-order valence-corrected chi connectivity index (χ2v) is 4.63. The van der Waals surface area contributed by atoms with Crippen molar-refractivity contribution in [2.45, 2.75) is 18.9 Å². The summed E-state index contributed by atoms with van der Waals surface area (Å²) in [5.74, 6) is 5.69. The number of nitrogen functional groups attached to an aromatic ring is 1. The molecule has 18 heavy (non-hydrogen) atoms. The van der Waals surface area contributed by atoms with E-state index in [1.165, 1.54) is 0 Å². The summed E-state index contributed by atoms with van der Waals surface area (Å²) in [5.41, 5.74) is 3.01. The molecule has 6 nitrogen and oxygen atoms in total. The fraction of sp³-hybridized carbons (Fsp3) is 0.500. The molecular weight excluding hydrogens is 230 g/mol. The van der Waals surface area contributed by atoms with Crippen LogP contribution in [-0.2, 0) is 0 Å². The Kier molecular flexibility index (Phi) is 4.11. The molecule has 1 saturated heterocycles. The van der Waals surface area contributed by atoms with Crippen molar-refractivity contribution in [2.24, 2.45) is 5.84 Å². The number of rotatable bonds is 3. The van der Waals surface area contributed by atoms with Crippen LogP contribution in [0.4, 0.5) is 5.82 Å². The van der Waals surface area contributed by atoms with E-state index in [1.54, 1.807) is 18.3 Å². The van der Waals surface area contributed by atoms with Gasteiger partial charge in [0.25, 0.3) is 5.91 Å². The van der Waals surface area contributed by atoms with E-state index in [9.17, 15) is 4.79 Å². The number of nitrogens with zero attached hydrogens (tertiary/aromatic N) is 2. The zero-order chi connectivity index (χ0) is 13.0. The van der Waals surface area contributed by atoms with Crippen LogP contribution in [0.15, 0.2) is 18.3 Å². The van der Waals surface area contributed by atoms with Crippen LogP contribution in [0.2, 0.25) is 0 Å². The highest BCUT2D eigenvalue weighted by Crippen LogP contribution is 2.10. The van der Waals surface area contributed by atoms with E-state index in [4.69, 9.17) is 5.84 Å². The lowest BCUT2D eigenvalue weighted by molar-refractivity contribution is 0.0917. The normalized spacial score (nSPS) is 17.4. The first-order valence-electron chi connectivity index (χ1n) is 6.11. The molecule has 1 amide bonds. The smallest absolute Gasteiger partial charge is 0.251 e. The lowest BCUT2D eigenvalue weighted by Crippen LogP contribution is -2.43. The number of amides is 1. The number of nitrogens with one attached hydrogen (secondary N) is 2. The van der Waals surface area contributed by atoms with E-state index in [0.717, 1.165) is 25.9 Å².